The van der Waals surface area contributed by atoms with Crippen LogP contribution in [0.1, 0.15) is 340 Å². The second-order valence-electron chi connectivity index (χ2n) is 34.4. The van der Waals surface area contributed by atoms with Gasteiger partial charge in [-0.3, -0.25) is 0 Å². The molecule has 3 heterocycles. The Morgan fingerprint density at radius 3 is 1.14 bits per heavy atom. The van der Waals surface area contributed by atoms with E-state index in [2.05, 4.69) is 223 Å². The largest absolute Gasteiger partial charge is 0.307 e. The van der Waals surface area contributed by atoms with Crippen molar-refractivity contribution in [1.29, 1.82) is 0 Å². The van der Waals surface area contributed by atoms with Crippen molar-refractivity contribution in [2.45, 2.75) is 365 Å². The fourth-order valence-electron chi connectivity index (χ4n) is 16.2. The first kappa shape index (κ1) is 77.3. The van der Waals surface area contributed by atoms with E-state index in [4.69, 9.17) is 12.8 Å². The number of benzene rings is 2. The summed E-state index contributed by atoms with van der Waals surface area (Å²) >= 11 is 0. The SMILES string of the molecule is C#Cc1cc(CCCCCCCc2cc(C#C)cc(CCC3CC(C)(C)NC(C)(C)C3)c2)cc(CCCCCC2CC(C)(C)NC(C)(C)C2)c1.C=CCCCC.CC1CC(C)(C)NC(C)(C)C1.CCCCC(C)C(CC(C)(C)C)CC(C)(C)C. The summed E-state index contributed by atoms with van der Waals surface area (Å²) < 4.78 is 0. The molecule has 0 saturated carbocycles. The van der Waals surface area contributed by atoms with Gasteiger partial charge in [0.2, 0.25) is 0 Å². The highest BCUT2D eigenvalue weighted by Gasteiger charge is 2.39. The Balaban J connectivity index is 0.000000570. The van der Waals surface area contributed by atoms with E-state index in [0.717, 1.165) is 66.4 Å². The summed E-state index contributed by atoms with van der Waals surface area (Å²) in [4.78, 5) is 0. The van der Waals surface area contributed by atoms with Gasteiger partial charge in [-0.25, -0.2) is 0 Å². The molecule has 2 aromatic rings. The van der Waals surface area contributed by atoms with Crippen LogP contribution in [-0.4, -0.2) is 33.2 Å². The van der Waals surface area contributed by atoms with Crippen LogP contribution in [0.2, 0.25) is 0 Å². The lowest BCUT2D eigenvalue weighted by Gasteiger charge is -2.46. The third kappa shape index (κ3) is 35.2. The summed E-state index contributed by atoms with van der Waals surface area (Å²) in [7, 11) is 0. The van der Waals surface area contributed by atoms with E-state index in [0.29, 0.717) is 21.9 Å². The van der Waals surface area contributed by atoms with E-state index in [-0.39, 0.29) is 22.2 Å². The molecule has 3 aliphatic heterocycles. The van der Waals surface area contributed by atoms with Crippen LogP contribution in [0, 0.1) is 65.1 Å². The van der Waals surface area contributed by atoms with Gasteiger partial charge in [0.1, 0.15) is 0 Å². The third-order valence-electron chi connectivity index (χ3n) is 18.1. The molecule has 1 unspecified atom stereocenters. The molecule has 84 heavy (non-hydrogen) atoms. The van der Waals surface area contributed by atoms with Crippen molar-refractivity contribution < 1.29 is 0 Å². The minimum atomic E-state index is 0.204. The van der Waals surface area contributed by atoms with Crippen LogP contribution >= 0.6 is 0 Å². The fraction of sp³-hybridized carbons (Fsp3) is 0.778. The van der Waals surface area contributed by atoms with Gasteiger partial charge < -0.3 is 16.0 Å². The highest BCUT2D eigenvalue weighted by molar-refractivity contribution is 5.40. The van der Waals surface area contributed by atoms with Crippen LogP contribution in [-0.2, 0) is 25.7 Å². The predicted octanol–water partition coefficient (Wildman–Crippen LogP) is 22.8. The molecular weight excluding hydrogens is 1010 g/mol. The van der Waals surface area contributed by atoms with Gasteiger partial charge in [0.15, 0.2) is 0 Å². The number of terminal acetylenes is 2. The Labute approximate surface area is 526 Å². The smallest absolute Gasteiger partial charge is 0.0248 e. The second kappa shape index (κ2) is 36.0. The first-order valence-corrected chi connectivity index (χ1v) is 35.0. The molecule has 5 rings (SSSR count). The molecule has 2 aromatic carbocycles. The topological polar surface area (TPSA) is 36.1 Å². The van der Waals surface area contributed by atoms with Gasteiger partial charge in [0, 0.05) is 44.4 Å². The van der Waals surface area contributed by atoms with Gasteiger partial charge in [-0.15, -0.1) is 19.4 Å². The van der Waals surface area contributed by atoms with Crippen LogP contribution in [0.3, 0.4) is 0 Å². The average Bonchev–Trinajstić information content (AvgIpc) is 3.56. The van der Waals surface area contributed by atoms with Gasteiger partial charge in [0.25, 0.3) is 0 Å². The van der Waals surface area contributed by atoms with Crippen LogP contribution in [0.25, 0.3) is 0 Å². The zero-order valence-electron chi connectivity index (χ0n) is 60.1. The summed E-state index contributed by atoms with van der Waals surface area (Å²) in [5.74, 6) is 10.1. The zero-order chi connectivity index (χ0) is 63.6. The number of rotatable bonds is 26. The average molecular weight is 1160 g/mol. The summed E-state index contributed by atoms with van der Waals surface area (Å²) in [6.07, 6.45) is 49.4. The van der Waals surface area contributed by atoms with Crippen molar-refractivity contribution in [1.82, 2.24) is 16.0 Å². The summed E-state index contributed by atoms with van der Waals surface area (Å²) in [6.45, 7) is 55.3. The first-order valence-electron chi connectivity index (χ1n) is 35.0. The zero-order valence-corrected chi connectivity index (χ0v) is 60.1. The van der Waals surface area contributed by atoms with Crippen molar-refractivity contribution in [2.75, 3.05) is 0 Å². The Morgan fingerprint density at radius 2 is 0.821 bits per heavy atom. The van der Waals surface area contributed by atoms with Crippen LogP contribution in [0.4, 0.5) is 0 Å². The first-order chi connectivity index (χ1) is 38.8. The lowest BCUT2D eigenvalue weighted by Crippen LogP contribution is -2.57. The molecule has 480 valence electrons. The van der Waals surface area contributed by atoms with Crippen molar-refractivity contribution in [3.63, 3.8) is 0 Å². The Bertz CT molecular complexity index is 2170. The van der Waals surface area contributed by atoms with E-state index >= 15 is 0 Å². The lowest BCUT2D eigenvalue weighted by atomic mass is 9.71. The second-order valence-corrected chi connectivity index (χ2v) is 34.4. The molecule has 3 heteroatoms. The van der Waals surface area contributed by atoms with Crippen molar-refractivity contribution in [3.8, 4) is 24.7 Å². The van der Waals surface area contributed by atoms with Crippen molar-refractivity contribution in [3.05, 3.63) is 82.4 Å². The molecule has 3 N–H and O–H groups in total. The molecule has 0 radical (unpaired) electrons. The number of hydrogen-bond donors (Lipinski definition) is 3. The number of piperidine rings is 3. The normalized spacial score (nSPS) is 19.5. The maximum Gasteiger partial charge on any atom is 0.0248 e. The van der Waals surface area contributed by atoms with Gasteiger partial charge in [-0.1, -0.05) is 170 Å². The van der Waals surface area contributed by atoms with Gasteiger partial charge in [0.05, 0.1) is 0 Å². The standard InChI is InChI=1S/C48H72N2.C17H36.C10H21N.C6H12/c1-11-37-27-39(31-40(28-37)23-19-16-20-24-43-33-45(3,4)49-46(5,6)34-43)21-17-14-13-15-18-22-41-29-38(12-2)30-42(32-41)25-26-44-35-47(7,8)50-48(9,10)36-44;1-9-10-11-14(2)15(12-16(3,4)5)13-17(6,7)8;1-8-6-9(2,3)11-10(4,5)7-8;1-3-5-6-4-2/h1-2,27-32,43-44,49-50H,13-26,33-36H2,3-10H3;14-15H,9-13H2,1-8H3;8,11H,6-7H2,1-5H3;3H,1,4-6H2,2H3. The van der Waals surface area contributed by atoms with Crippen molar-refractivity contribution >= 4 is 0 Å². The predicted molar refractivity (Wildman–Crippen MR) is 378 cm³/mol. The van der Waals surface area contributed by atoms with Crippen LogP contribution in [0.5, 0.6) is 0 Å². The summed E-state index contributed by atoms with van der Waals surface area (Å²) in [6, 6.07) is 13.8. The molecular formula is C81H141N3. The number of allylic oxidation sites excluding steroid dienone is 1. The van der Waals surface area contributed by atoms with E-state index in [1.165, 1.54) is 176 Å². The van der Waals surface area contributed by atoms with Crippen LogP contribution < -0.4 is 16.0 Å². The molecule has 3 saturated heterocycles. The molecule has 3 fully saturated rings. The maximum atomic E-state index is 5.89. The van der Waals surface area contributed by atoms with Crippen molar-refractivity contribution in [2.24, 2.45) is 40.4 Å². The molecule has 0 bridgehead atoms. The molecule has 0 aromatic heterocycles. The lowest BCUT2D eigenvalue weighted by molar-refractivity contribution is 0.122. The van der Waals surface area contributed by atoms with E-state index in [1.54, 1.807) is 0 Å². The number of hydrogen-bond acceptors (Lipinski definition) is 3. The number of nitrogens with one attached hydrogen (secondary N) is 3. The minimum Gasteiger partial charge on any atom is -0.307 e. The number of unbranched alkanes of at least 4 members (excludes halogenated alkanes) is 9. The van der Waals surface area contributed by atoms with E-state index in [9.17, 15) is 0 Å². The minimum absolute atomic E-state index is 0.204. The monoisotopic (exact) mass is 1160 g/mol. The molecule has 1 atom stereocenters. The van der Waals surface area contributed by atoms with E-state index in [1.807, 2.05) is 6.08 Å². The molecule has 3 aliphatic rings. The highest BCUT2D eigenvalue weighted by Crippen LogP contribution is 2.40. The maximum absolute atomic E-state index is 5.89. The van der Waals surface area contributed by atoms with Crippen LogP contribution in [0.15, 0.2) is 49.1 Å². The Kier molecular flexibility index (Phi) is 33.1. The summed E-state index contributed by atoms with van der Waals surface area (Å²) in [5.41, 5.74) is 10.3. The van der Waals surface area contributed by atoms with Gasteiger partial charge in [-0.05, 0) is 279 Å². The highest BCUT2D eigenvalue weighted by atomic mass is 15.1. The molecule has 0 aliphatic carbocycles. The Hall–Kier alpha value is -2.82. The molecule has 0 spiro atoms. The summed E-state index contributed by atoms with van der Waals surface area (Å²) in [5, 5.41) is 11.3. The van der Waals surface area contributed by atoms with Gasteiger partial charge >= 0.3 is 0 Å². The Morgan fingerprint density at radius 1 is 0.488 bits per heavy atom. The third-order valence-corrected chi connectivity index (χ3v) is 18.1. The molecule has 0 amide bonds. The fourth-order valence-corrected chi connectivity index (χ4v) is 16.2. The number of aryl methyl sites for hydroxylation is 4. The quantitative estimate of drug-likeness (QED) is 0.0499. The molecule has 3 nitrogen and oxygen atoms in total. The van der Waals surface area contributed by atoms with Gasteiger partial charge in [-0.2, -0.15) is 0 Å². The van der Waals surface area contributed by atoms with E-state index < -0.39 is 0 Å².